The van der Waals surface area contributed by atoms with Gasteiger partial charge in [-0.05, 0) is 12.8 Å². The Kier molecular flexibility index (Phi) is 4.04. The Hall–Kier alpha value is -1.56. The molecule has 0 aliphatic carbocycles. The minimum Gasteiger partial charge on any atom is -0.420 e. The van der Waals surface area contributed by atoms with Gasteiger partial charge in [-0.25, -0.2) is 0 Å². The Labute approximate surface area is 115 Å². The first kappa shape index (κ1) is 14.8. The molecule has 2 rings (SSSR count). The van der Waals surface area contributed by atoms with Crippen LogP contribution < -0.4 is 4.48 Å². The van der Waals surface area contributed by atoms with Crippen molar-refractivity contribution in [3.05, 3.63) is 29.8 Å². The smallest absolute Gasteiger partial charge is 0.420 e. The van der Waals surface area contributed by atoms with Crippen LogP contribution >= 0.6 is 0 Å². The molecule has 0 fully saturated rings. The van der Waals surface area contributed by atoms with Gasteiger partial charge in [0.1, 0.15) is 6.54 Å². The number of amides is 1. The quantitative estimate of drug-likeness (QED) is 0.607. The fourth-order valence-corrected chi connectivity index (χ4v) is 2.58. The molecule has 0 bridgehead atoms. The lowest BCUT2D eigenvalue weighted by atomic mass is 10.00. The van der Waals surface area contributed by atoms with E-state index in [9.17, 15) is 18.0 Å². The molecule has 6 heteroatoms. The molecule has 0 radical (unpaired) electrons. The molecule has 1 aliphatic heterocycles. The molecule has 1 unspecified atom stereocenters. The highest BCUT2D eigenvalue weighted by molar-refractivity contribution is 5.84. The molecule has 1 heterocycles. The lowest BCUT2D eigenvalue weighted by Gasteiger charge is -2.38. The summed E-state index contributed by atoms with van der Waals surface area (Å²) in [6, 6.07) is 6.22. The molecule has 1 aliphatic rings. The van der Waals surface area contributed by atoms with Crippen molar-refractivity contribution in [2.24, 2.45) is 0 Å². The van der Waals surface area contributed by atoms with E-state index in [0.717, 1.165) is 0 Å². The van der Waals surface area contributed by atoms with Crippen LogP contribution in [0.15, 0.2) is 24.3 Å². The van der Waals surface area contributed by atoms with Crippen LogP contribution in [0.3, 0.4) is 0 Å². The number of aryl methyl sites for hydroxylation is 1. The first-order chi connectivity index (χ1) is 9.43. The highest BCUT2D eigenvalue weighted by Crippen LogP contribution is 2.43. The monoisotopic (exact) mass is 288 g/mol. The summed E-state index contributed by atoms with van der Waals surface area (Å²) in [5.74, 6) is 0. The molecule has 1 amide bonds. The van der Waals surface area contributed by atoms with Gasteiger partial charge < -0.3 is 4.74 Å². The second-order valence-electron chi connectivity index (χ2n) is 4.85. The second kappa shape index (κ2) is 5.44. The first-order valence-electron chi connectivity index (χ1n) is 6.64. The fraction of sp³-hybridized carbons (Fsp3) is 0.500. The molecule has 0 spiro atoms. The Morgan fingerprint density at radius 3 is 2.70 bits per heavy atom. The molecule has 1 atom stereocenters. The van der Waals surface area contributed by atoms with E-state index in [1.807, 2.05) is 0 Å². The van der Waals surface area contributed by atoms with Gasteiger partial charge in [-0.15, -0.1) is 13.2 Å². The van der Waals surface area contributed by atoms with Crippen molar-refractivity contribution in [2.75, 3.05) is 13.2 Å². The number of nitrogens with zero attached hydrogens (tertiary/aromatic N) is 1. The fourth-order valence-electron chi connectivity index (χ4n) is 2.58. The number of fused-ring (bicyclic) bond motifs is 1. The Morgan fingerprint density at radius 1 is 1.35 bits per heavy atom. The number of carbonyl (C=O) groups excluding carboxylic acids is 1. The SMILES string of the molecule is CCCOC(=O)[N+]1(C(F)(F)F)CCCc2ccccc21. The Morgan fingerprint density at radius 2 is 2.05 bits per heavy atom. The number of hydrogen-bond acceptors (Lipinski definition) is 2. The topological polar surface area (TPSA) is 26.3 Å². The summed E-state index contributed by atoms with van der Waals surface area (Å²) in [6.45, 7) is 1.44. The van der Waals surface area contributed by atoms with Crippen molar-refractivity contribution in [3.8, 4) is 0 Å². The van der Waals surface area contributed by atoms with E-state index in [-0.39, 0.29) is 18.8 Å². The van der Waals surface area contributed by atoms with Crippen molar-refractivity contribution in [2.45, 2.75) is 32.5 Å². The van der Waals surface area contributed by atoms with Gasteiger partial charge in [-0.1, -0.05) is 29.6 Å². The number of quaternary nitrogens is 1. The number of ether oxygens (including phenoxy) is 1. The standard InChI is InChI=1S/C14H17F3NO2/c1-2-10-20-13(19)18(14(15,16)17)9-5-7-11-6-3-4-8-12(11)18/h3-4,6,8H,2,5,7,9-10H2,1H3/q+1. The highest BCUT2D eigenvalue weighted by atomic mass is 19.4. The van der Waals surface area contributed by atoms with Crippen LogP contribution in [0.1, 0.15) is 25.3 Å². The number of halogens is 3. The molecule has 0 aromatic heterocycles. The average Bonchev–Trinajstić information content (AvgIpc) is 2.42. The van der Waals surface area contributed by atoms with Crippen molar-refractivity contribution >= 4 is 11.8 Å². The van der Waals surface area contributed by atoms with Gasteiger partial charge >= 0.3 is 12.4 Å². The maximum absolute atomic E-state index is 13.6. The third kappa shape index (κ3) is 2.28. The van der Waals surface area contributed by atoms with E-state index < -0.39 is 16.9 Å². The molecular formula is C14H17F3NO2+. The van der Waals surface area contributed by atoms with Crippen LogP contribution in [0.4, 0.5) is 23.7 Å². The molecule has 0 saturated carbocycles. The zero-order chi connectivity index (χ0) is 14.8. The number of carbonyl (C=O) groups is 1. The maximum Gasteiger partial charge on any atom is 0.576 e. The van der Waals surface area contributed by atoms with Crippen molar-refractivity contribution in [3.63, 3.8) is 0 Å². The molecular weight excluding hydrogens is 271 g/mol. The van der Waals surface area contributed by atoms with Crippen LogP contribution in [0, 0.1) is 0 Å². The largest absolute Gasteiger partial charge is 0.576 e. The maximum atomic E-state index is 13.6. The minimum atomic E-state index is -4.71. The van der Waals surface area contributed by atoms with Crippen molar-refractivity contribution in [1.29, 1.82) is 0 Å². The summed E-state index contributed by atoms with van der Waals surface area (Å²) in [6.07, 6.45) is -4.59. The predicted molar refractivity (Wildman–Crippen MR) is 69.1 cm³/mol. The molecule has 110 valence electrons. The number of alkyl halides is 3. The van der Waals surface area contributed by atoms with Gasteiger partial charge in [-0.3, -0.25) is 0 Å². The van der Waals surface area contributed by atoms with Gasteiger partial charge in [0.05, 0.1) is 6.61 Å². The molecule has 1 aromatic carbocycles. The summed E-state index contributed by atoms with van der Waals surface area (Å²) in [5.41, 5.74) is 0.553. The van der Waals surface area contributed by atoms with Gasteiger partial charge in [0, 0.05) is 18.1 Å². The zero-order valence-corrected chi connectivity index (χ0v) is 11.2. The van der Waals surface area contributed by atoms with Gasteiger partial charge in [0.15, 0.2) is 5.69 Å². The van der Waals surface area contributed by atoms with E-state index in [2.05, 4.69) is 0 Å². The second-order valence-corrected chi connectivity index (χ2v) is 4.85. The summed E-state index contributed by atoms with van der Waals surface area (Å²) in [5, 5.41) is 0. The van der Waals surface area contributed by atoms with E-state index in [0.29, 0.717) is 24.8 Å². The molecule has 0 N–H and O–H groups in total. The summed E-state index contributed by atoms with van der Waals surface area (Å²) in [7, 11) is 0. The van der Waals surface area contributed by atoms with E-state index >= 15 is 0 Å². The van der Waals surface area contributed by atoms with Crippen molar-refractivity contribution in [1.82, 2.24) is 4.48 Å². The highest BCUT2D eigenvalue weighted by Gasteiger charge is 2.65. The van der Waals surface area contributed by atoms with E-state index in [1.165, 1.54) is 12.1 Å². The van der Waals surface area contributed by atoms with Crippen LogP contribution in [-0.2, 0) is 11.2 Å². The average molecular weight is 288 g/mol. The molecule has 0 saturated heterocycles. The molecule has 1 aromatic rings. The van der Waals surface area contributed by atoms with Crippen molar-refractivity contribution < 1.29 is 22.7 Å². The van der Waals surface area contributed by atoms with Gasteiger partial charge in [-0.2, -0.15) is 4.79 Å². The van der Waals surface area contributed by atoms with Gasteiger partial charge in [0.25, 0.3) is 0 Å². The Bertz CT molecular complexity index is 501. The summed E-state index contributed by atoms with van der Waals surface area (Å²) in [4.78, 5) is 12.1. The number of hydrogen-bond donors (Lipinski definition) is 0. The summed E-state index contributed by atoms with van der Waals surface area (Å²) >= 11 is 0. The molecule has 20 heavy (non-hydrogen) atoms. The summed E-state index contributed by atoms with van der Waals surface area (Å²) < 4.78 is 44.0. The number of para-hydroxylation sites is 1. The van der Waals surface area contributed by atoms with Crippen LogP contribution in [0.25, 0.3) is 0 Å². The van der Waals surface area contributed by atoms with Crippen LogP contribution in [0.5, 0.6) is 0 Å². The van der Waals surface area contributed by atoms with Gasteiger partial charge in [0.2, 0.25) is 0 Å². The number of benzene rings is 1. The lowest BCUT2D eigenvalue weighted by molar-refractivity contribution is -0.226. The molecule has 3 nitrogen and oxygen atoms in total. The normalized spacial score (nSPS) is 22.2. The number of rotatable bonds is 2. The predicted octanol–water partition coefficient (Wildman–Crippen LogP) is 4.01. The van der Waals surface area contributed by atoms with Crippen LogP contribution in [0.2, 0.25) is 0 Å². The van der Waals surface area contributed by atoms with E-state index in [4.69, 9.17) is 4.74 Å². The third-order valence-electron chi connectivity index (χ3n) is 3.52. The Balaban J connectivity index is 2.52. The minimum absolute atomic E-state index is 0.00290. The zero-order valence-electron chi connectivity index (χ0n) is 11.2. The van der Waals surface area contributed by atoms with Crippen LogP contribution in [-0.4, -0.2) is 25.5 Å². The first-order valence-corrected chi connectivity index (χ1v) is 6.64. The third-order valence-corrected chi connectivity index (χ3v) is 3.52. The lowest BCUT2D eigenvalue weighted by Crippen LogP contribution is -2.65. The van der Waals surface area contributed by atoms with E-state index in [1.54, 1.807) is 19.1 Å².